The van der Waals surface area contributed by atoms with Crippen molar-refractivity contribution >= 4 is 11.7 Å². The molecule has 0 radical (unpaired) electrons. The fourth-order valence-corrected chi connectivity index (χ4v) is 4.24. The SMILES string of the molecule is C=CCOc1ccc(C2C(C(=O)c3ccco3)=C(O)C(=O)N2CCCN(CC)CC)cc1OCC. The molecular formula is C27H34N2O6. The summed E-state index contributed by atoms with van der Waals surface area (Å²) in [7, 11) is 0. The average Bonchev–Trinajstić information content (AvgIpc) is 3.49. The molecule has 1 aliphatic heterocycles. The van der Waals surface area contributed by atoms with E-state index in [0.717, 1.165) is 19.6 Å². The molecule has 1 atom stereocenters. The molecule has 8 heteroatoms. The van der Waals surface area contributed by atoms with E-state index < -0.39 is 23.5 Å². The van der Waals surface area contributed by atoms with E-state index in [4.69, 9.17) is 13.9 Å². The first-order valence-corrected chi connectivity index (χ1v) is 12.0. The first-order chi connectivity index (χ1) is 17.0. The van der Waals surface area contributed by atoms with Crippen LogP contribution in [0, 0.1) is 0 Å². The lowest BCUT2D eigenvalue weighted by Gasteiger charge is -2.28. The van der Waals surface area contributed by atoms with Gasteiger partial charge in [0.15, 0.2) is 23.0 Å². The fraction of sp³-hybridized carbons (Fsp3) is 0.407. The number of aliphatic hydroxyl groups excluding tert-OH is 1. The molecule has 8 nitrogen and oxygen atoms in total. The third-order valence-electron chi connectivity index (χ3n) is 6.00. The molecule has 0 spiro atoms. The summed E-state index contributed by atoms with van der Waals surface area (Å²) in [5.74, 6) is -0.579. The van der Waals surface area contributed by atoms with Crippen LogP contribution in [0.15, 0.2) is 65.0 Å². The summed E-state index contributed by atoms with van der Waals surface area (Å²) >= 11 is 0. The molecule has 1 aromatic heterocycles. The van der Waals surface area contributed by atoms with Crippen molar-refractivity contribution in [1.29, 1.82) is 0 Å². The van der Waals surface area contributed by atoms with E-state index in [1.165, 1.54) is 12.3 Å². The van der Waals surface area contributed by atoms with Gasteiger partial charge in [-0.3, -0.25) is 9.59 Å². The van der Waals surface area contributed by atoms with E-state index in [1.54, 1.807) is 35.2 Å². The smallest absolute Gasteiger partial charge is 0.290 e. The number of benzene rings is 1. The van der Waals surface area contributed by atoms with Crippen molar-refractivity contribution in [3.8, 4) is 11.5 Å². The van der Waals surface area contributed by atoms with Crippen molar-refractivity contribution < 1.29 is 28.6 Å². The van der Waals surface area contributed by atoms with E-state index in [-0.39, 0.29) is 11.3 Å². The summed E-state index contributed by atoms with van der Waals surface area (Å²) in [5, 5.41) is 10.8. The zero-order valence-electron chi connectivity index (χ0n) is 20.7. The number of rotatable bonds is 14. The number of amides is 1. The second-order valence-corrected chi connectivity index (χ2v) is 8.09. The summed E-state index contributed by atoms with van der Waals surface area (Å²) in [6, 6.07) is 7.61. The highest BCUT2D eigenvalue weighted by atomic mass is 16.5. The highest BCUT2D eigenvalue weighted by molar-refractivity contribution is 6.15. The van der Waals surface area contributed by atoms with Crippen LogP contribution in [0.5, 0.6) is 11.5 Å². The lowest BCUT2D eigenvalue weighted by molar-refractivity contribution is -0.129. The predicted octanol–water partition coefficient (Wildman–Crippen LogP) is 4.55. The lowest BCUT2D eigenvalue weighted by Crippen LogP contribution is -2.34. The molecule has 1 amide bonds. The molecule has 2 heterocycles. The molecule has 1 aromatic carbocycles. The Morgan fingerprint density at radius 2 is 1.97 bits per heavy atom. The zero-order chi connectivity index (χ0) is 25.4. The number of ketones is 1. The molecule has 0 bridgehead atoms. The van der Waals surface area contributed by atoms with Crippen LogP contribution in [0.4, 0.5) is 0 Å². The van der Waals surface area contributed by atoms with Crippen LogP contribution < -0.4 is 9.47 Å². The maximum atomic E-state index is 13.3. The number of Topliss-reactive ketones (excluding diaryl/α,β-unsaturated/α-hetero) is 1. The van der Waals surface area contributed by atoms with Crippen molar-refractivity contribution in [2.24, 2.45) is 0 Å². The molecule has 35 heavy (non-hydrogen) atoms. The van der Waals surface area contributed by atoms with Crippen LogP contribution in [0.25, 0.3) is 0 Å². The van der Waals surface area contributed by atoms with E-state index in [2.05, 4.69) is 25.3 Å². The first kappa shape index (κ1) is 26.1. The van der Waals surface area contributed by atoms with Gasteiger partial charge in [0.2, 0.25) is 5.78 Å². The van der Waals surface area contributed by atoms with Gasteiger partial charge in [-0.25, -0.2) is 0 Å². The minimum absolute atomic E-state index is 0.00463. The Balaban J connectivity index is 2.01. The Kier molecular flexibility index (Phi) is 9.14. The quantitative estimate of drug-likeness (QED) is 0.312. The molecule has 1 unspecified atom stereocenters. The summed E-state index contributed by atoms with van der Waals surface area (Å²) < 4.78 is 16.8. The molecular weight excluding hydrogens is 448 g/mol. The Bertz CT molecular complexity index is 1060. The lowest BCUT2D eigenvalue weighted by atomic mass is 9.94. The molecule has 1 aliphatic rings. The standard InChI is InChI=1S/C27H34N2O6/c1-5-16-34-20-13-12-19(18-22(20)33-8-4)24-23(25(30)21-11-9-17-35-21)26(31)27(32)29(24)15-10-14-28(6-2)7-3/h5,9,11-13,17-18,24,31H,1,6-8,10,14-16H2,2-4H3. The van der Waals surface area contributed by atoms with Crippen molar-refractivity contribution in [2.45, 2.75) is 33.2 Å². The van der Waals surface area contributed by atoms with Gasteiger partial charge in [-0.2, -0.15) is 0 Å². The molecule has 3 rings (SSSR count). The van der Waals surface area contributed by atoms with Gasteiger partial charge in [0.1, 0.15) is 6.61 Å². The number of hydrogen-bond donors (Lipinski definition) is 1. The normalized spacial score (nSPS) is 15.7. The third-order valence-corrected chi connectivity index (χ3v) is 6.00. The Hall–Kier alpha value is -3.52. The minimum atomic E-state index is -0.788. The van der Waals surface area contributed by atoms with Gasteiger partial charge in [-0.15, -0.1) is 0 Å². The summed E-state index contributed by atoms with van der Waals surface area (Å²) in [4.78, 5) is 30.3. The van der Waals surface area contributed by atoms with Gasteiger partial charge < -0.3 is 28.8 Å². The van der Waals surface area contributed by atoms with Gasteiger partial charge in [0.25, 0.3) is 5.91 Å². The third kappa shape index (κ3) is 5.77. The van der Waals surface area contributed by atoms with Crippen LogP contribution in [0.1, 0.15) is 49.4 Å². The summed E-state index contributed by atoms with van der Waals surface area (Å²) in [6.45, 7) is 13.4. The van der Waals surface area contributed by atoms with Crippen LogP contribution in [0.3, 0.4) is 0 Å². The second-order valence-electron chi connectivity index (χ2n) is 8.09. The maximum absolute atomic E-state index is 13.3. The topological polar surface area (TPSA) is 92.5 Å². The predicted molar refractivity (Wildman–Crippen MR) is 133 cm³/mol. The summed E-state index contributed by atoms with van der Waals surface area (Å²) in [6.07, 6.45) is 3.72. The Morgan fingerprint density at radius 1 is 1.20 bits per heavy atom. The average molecular weight is 483 g/mol. The largest absolute Gasteiger partial charge is 0.503 e. The van der Waals surface area contributed by atoms with Crippen LogP contribution in [-0.4, -0.2) is 66.0 Å². The van der Waals surface area contributed by atoms with Crippen molar-refractivity contribution in [1.82, 2.24) is 9.80 Å². The van der Waals surface area contributed by atoms with Crippen molar-refractivity contribution in [3.05, 3.63) is 71.9 Å². The fourth-order valence-electron chi connectivity index (χ4n) is 4.24. The second kappa shape index (κ2) is 12.3. The number of nitrogens with zero attached hydrogens (tertiary/aromatic N) is 2. The first-order valence-electron chi connectivity index (χ1n) is 12.0. The van der Waals surface area contributed by atoms with Crippen LogP contribution in [-0.2, 0) is 4.79 Å². The highest BCUT2D eigenvalue weighted by Gasteiger charge is 2.44. The maximum Gasteiger partial charge on any atom is 0.290 e. The van der Waals surface area contributed by atoms with E-state index in [9.17, 15) is 14.7 Å². The minimum Gasteiger partial charge on any atom is -0.503 e. The van der Waals surface area contributed by atoms with E-state index in [1.807, 2.05) is 6.92 Å². The van der Waals surface area contributed by atoms with Gasteiger partial charge in [-0.1, -0.05) is 32.6 Å². The van der Waals surface area contributed by atoms with Gasteiger partial charge in [0.05, 0.1) is 24.5 Å². The van der Waals surface area contributed by atoms with Gasteiger partial charge in [-0.05, 0) is 62.8 Å². The van der Waals surface area contributed by atoms with Crippen LogP contribution >= 0.6 is 0 Å². The zero-order valence-corrected chi connectivity index (χ0v) is 20.7. The Morgan fingerprint density at radius 3 is 2.60 bits per heavy atom. The van der Waals surface area contributed by atoms with Gasteiger partial charge in [0, 0.05) is 6.54 Å². The monoisotopic (exact) mass is 482 g/mol. The number of furan rings is 1. The Labute approximate surface area is 206 Å². The van der Waals surface area contributed by atoms with E-state index in [0.29, 0.717) is 43.2 Å². The number of hydrogen-bond acceptors (Lipinski definition) is 7. The highest BCUT2D eigenvalue weighted by Crippen LogP contribution is 2.42. The van der Waals surface area contributed by atoms with Crippen molar-refractivity contribution in [2.75, 3.05) is 39.4 Å². The number of carbonyl (C=O) groups is 2. The summed E-state index contributed by atoms with van der Waals surface area (Å²) in [5.41, 5.74) is 0.629. The van der Waals surface area contributed by atoms with Crippen molar-refractivity contribution in [3.63, 3.8) is 0 Å². The van der Waals surface area contributed by atoms with Crippen LogP contribution in [0.2, 0.25) is 0 Å². The van der Waals surface area contributed by atoms with E-state index >= 15 is 0 Å². The molecule has 188 valence electrons. The van der Waals surface area contributed by atoms with Gasteiger partial charge >= 0.3 is 0 Å². The molecule has 0 saturated heterocycles. The molecule has 0 fully saturated rings. The molecule has 0 saturated carbocycles. The number of aliphatic hydroxyl groups is 1. The molecule has 1 N–H and O–H groups in total. The number of ether oxygens (including phenoxy) is 2. The molecule has 0 aliphatic carbocycles. The molecule has 2 aromatic rings. The number of carbonyl (C=O) groups excluding carboxylic acids is 2.